The molecule has 1 aromatic heterocycles. The molecule has 1 heterocycles. The number of aromatic nitrogens is 1. The second-order valence-electron chi connectivity index (χ2n) is 4.15. The molecule has 0 aliphatic rings. The van der Waals surface area contributed by atoms with Crippen LogP contribution in [0.3, 0.4) is 0 Å². The van der Waals surface area contributed by atoms with E-state index in [9.17, 15) is 9.18 Å². The summed E-state index contributed by atoms with van der Waals surface area (Å²) in [5.74, 6) is -0.428. The highest BCUT2D eigenvalue weighted by Gasteiger charge is 2.08. The standard InChI is InChI=1S/C14H10ClFN2O/c1-9-4-5-18(14(19)12(9)7-17)8-10-2-3-11(16)6-13(10)15/h2-6H,8H2,1H3. The largest absolute Gasteiger partial charge is 0.310 e. The number of pyridine rings is 1. The molecule has 0 radical (unpaired) electrons. The number of halogens is 2. The summed E-state index contributed by atoms with van der Waals surface area (Å²) in [5.41, 5.74) is 0.996. The van der Waals surface area contributed by atoms with Crippen LogP contribution in [0.4, 0.5) is 4.39 Å². The van der Waals surface area contributed by atoms with Crippen LogP contribution in [-0.2, 0) is 6.54 Å². The third kappa shape index (κ3) is 2.67. The van der Waals surface area contributed by atoms with Crippen LogP contribution < -0.4 is 5.56 Å². The summed E-state index contributed by atoms with van der Waals surface area (Å²) in [5, 5.41) is 9.20. The van der Waals surface area contributed by atoms with Crippen LogP contribution in [0.2, 0.25) is 5.02 Å². The first-order valence-electron chi connectivity index (χ1n) is 5.57. The number of nitrogens with zero attached hydrogens (tertiary/aromatic N) is 2. The van der Waals surface area contributed by atoms with E-state index in [1.54, 1.807) is 19.2 Å². The van der Waals surface area contributed by atoms with Gasteiger partial charge in [-0.05, 0) is 36.2 Å². The molecule has 1 aromatic carbocycles. The molecule has 2 rings (SSSR count). The lowest BCUT2D eigenvalue weighted by molar-refractivity contribution is 0.626. The van der Waals surface area contributed by atoms with Gasteiger partial charge in [-0.15, -0.1) is 0 Å². The van der Waals surface area contributed by atoms with Gasteiger partial charge < -0.3 is 4.57 Å². The van der Waals surface area contributed by atoms with Crippen LogP contribution in [0, 0.1) is 24.1 Å². The fourth-order valence-corrected chi connectivity index (χ4v) is 1.99. The van der Waals surface area contributed by atoms with Crippen molar-refractivity contribution in [1.29, 1.82) is 5.26 Å². The number of nitriles is 1. The van der Waals surface area contributed by atoms with Gasteiger partial charge in [0.1, 0.15) is 17.4 Å². The Morgan fingerprint density at radius 3 is 2.79 bits per heavy atom. The van der Waals surface area contributed by atoms with E-state index in [4.69, 9.17) is 16.9 Å². The van der Waals surface area contributed by atoms with Gasteiger partial charge in [-0.25, -0.2) is 4.39 Å². The van der Waals surface area contributed by atoms with Crippen molar-refractivity contribution < 1.29 is 4.39 Å². The zero-order chi connectivity index (χ0) is 14.0. The lowest BCUT2D eigenvalue weighted by Crippen LogP contribution is -2.23. The summed E-state index contributed by atoms with van der Waals surface area (Å²) in [6, 6.07) is 7.58. The average Bonchev–Trinajstić information content (AvgIpc) is 2.36. The van der Waals surface area contributed by atoms with Crippen molar-refractivity contribution in [2.45, 2.75) is 13.5 Å². The van der Waals surface area contributed by atoms with E-state index in [-0.39, 0.29) is 22.7 Å². The normalized spacial score (nSPS) is 10.2. The Kier molecular flexibility index (Phi) is 3.68. The van der Waals surface area contributed by atoms with Gasteiger partial charge in [0.05, 0.1) is 6.54 Å². The van der Waals surface area contributed by atoms with Gasteiger partial charge in [0, 0.05) is 11.2 Å². The minimum absolute atomic E-state index is 0.112. The van der Waals surface area contributed by atoms with E-state index in [1.807, 2.05) is 6.07 Å². The summed E-state index contributed by atoms with van der Waals surface area (Å²) in [4.78, 5) is 12.0. The van der Waals surface area contributed by atoms with Crippen molar-refractivity contribution in [3.05, 3.63) is 68.3 Å². The molecular formula is C14H10ClFN2O. The predicted octanol–water partition coefficient (Wildman–Crippen LogP) is 2.87. The van der Waals surface area contributed by atoms with Crippen LogP contribution in [0.25, 0.3) is 0 Å². The second-order valence-corrected chi connectivity index (χ2v) is 4.56. The molecule has 0 spiro atoms. The van der Waals surface area contributed by atoms with E-state index in [0.29, 0.717) is 11.1 Å². The summed E-state index contributed by atoms with van der Waals surface area (Å²) in [7, 11) is 0. The fraction of sp³-hybridized carbons (Fsp3) is 0.143. The maximum atomic E-state index is 12.9. The molecule has 3 nitrogen and oxygen atoms in total. The molecule has 0 amide bonds. The Morgan fingerprint density at radius 2 is 2.16 bits per heavy atom. The van der Waals surface area contributed by atoms with Gasteiger partial charge in [-0.1, -0.05) is 17.7 Å². The van der Waals surface area contributed by atoms with Gasteiger partial charge in [-0.2, -0.15) is 5.26 Å². The van der Waals surface area contributed by atoms with E-state index >= 15 is 0 Å². The van der Waals surface area contributed by atoms with Crippen molar-refractivity contribution in [3.63, 3.8) is 0 Å². The summed E-state index contributed by atoms with van der Waals surface area (Å²) in [6.07, 6.45) is 1.60. The smallest absolute Gasteiger partial charge is 0.269 e. The zero-order valence-electron chi connectivity index (χ0n) is 10.2. The Hall–Kier alpha value is -2.12. The lowest BCUT2D eigenvalue weighted by atomic mass is 10.1. The first-order chi connectivity index (χ1) is 9.02. The SMILES string of the molecule is Cc1ccn(Cc2ccc(F)cc2Cl)c(=O)c1C#N. The number of rotatable bonds is 2. The number of hydrogen-bond acceptors (Lipinski definition) is 2. The quantitative estimate of drug-likeness (QED) is 0.847. The molecule has 0 atom stereocenters. The topological polar surface area (TPSA) is 45.8 Å². The van der Waals surface area contributed by atoms with Gasteiger partial charge in [-0.3, -0.25) is 4.79 Å². The molecule has 0 saturated heterocycles. The first kappa shape index (κ1) is 13.3. The van der Waals surface area contributed by atoms with Crippen molar-refractivity contribution in [2.24, 2.45) is 0 Å². The monoisotopic (exact) mass is 276 g/mol. The van der Waals surface area contributed by atoms with Crippen molar-refractivity contribution >= 4 is 11.6 Å². The molecule has 0 bridgehead atoms. The predicted molar refractivity (Wildman–Crippen MR) is 70.7 cm³/mol. The molecule has 0 unspecified atom stereocenters. The average molecular weight is 277 g/mol. The van der Waals surface area contributed by atoms with E-state index in [0.717, 1.165) is 0 Å². The van der Waals surface area contributed by atoms with E-state index < -0.39 is 5.82 Å². The first-order valence-corrected chi connectivity index (χ1v) is 5.95. The Balaban J connectivity index is 2.45. The van der Waals surface area contributed by atoms with Crippen LogP contribution in [0.5, 0.6) is 0 Å². The molecular weight excluding hydrogens is 267 g/mol. The molecule has 96 valence electrons. The second kappa shape index (κ2) is 5.25. The van der Waals surface area contributed by atoms with Crippen LogP contribution >= 0.6 is 11.6 Å². The lowest BCUT2D eigenvalue weighted by Gasteiger charge is -2.09. The molecule has 0 aliphatic carbocycles. The Morgan fingerprint density at radius 1 is 1.42 bits per heavy atom. The van der Waals surface area contributed by atoms with Crippen LogP contribution in [0.1, 0.15) is 16.7 Å². The molecule has 5 heteroatoms. The molecule has 0 saturated carbocycles. The minimum Gasteiger partial charge on any atom is -0.310 e. The van der Waals surface area contributed by atoms with E-state index in [2.05, 4.69) is 0 Å². The van der Waals surface area contributed by atoms with Crippen molar-refractivity contribution in [2.75, 3.05) is 0 Å². The fourth-order valence-electron chi connectivity index (χ4n) is 1.76. The molecule has 0 aliphatic heterocycles. The zero-order valence-corrected chi connectivity index (χ0v) is 10.9. The molecule has 0 fully saturated rings. The molecule has 19 heavy (non-hydrogen) atoms. The van der Waals surface area contributed by atoms with Crippen LogP contribution in [0.15, 0.2) is 35.3 Å². The van der Waals surface area contributed by atoms with Crippen molar-refractivity contribution in [3.8, 4) is 6.07 Å². The van der Waals surface area contributed by atoms with Gasteiger partial charge in [0.2, 0.25) is 0 Å². The number of hydrogen-bond donors (Lipinski definition) is 0. The molecule has 2 aromatic rings. The highest BCUT2D eigenvalue weighted by Crippen LogP contribution is 2.18. The highest BCUT2D eigenvalue weighted by molar-refractivity contribution is 6.31. The third-order valence-electron chi connectivity index (χ3n) is 2.84. The van der Waals surface area contributed by atoms with Gasteiger partial charge in [0.15, 0.2) is 0 Å². The summed E-state index contributed by atoms with van der Waals surface area (Å²) < 4.78 is 14.3. The maximum absolute atomic E-state index is 12.9. The Bertz CT molecular complexity index is 731. The highest BCUT2D eigenvalue weighted by atomic mass is 35.5. The maximum Gasteiger partial charge on any atom is 0.269 e. The minimum atomic E-state index is -0.428. The molecule has 0 N–H and O–H groups in total. The summed E-state index contributed by atoms with van der Waals surface area (Å²) in [6.45, 7) is 1.90. The number of benzene rings is 1. The Labute approximate surface area is 114 Å². The van der Waals surface area contributed by atoms with Gasteiger partial charge in [0.25, 0.3) is 5.56 Å². The van der Waals surface area contributed by atoms with Crippen molar-refractivity contribution in [1.82, 2.24) is 4.57 Å². The van der Waals surface area contributed by atoms with E-state index in [1.165, 1.54) is 22.8 Å². The van der Waals surface area contributed by atoms with Crippen LogP contribution in [-0.4, -0.2) is 4.57 Å². The third-order valence-corrected chi connectivity index (χ3v) is 3.19. The summed E-state index contributed by atoms with van der Waals surface area (Å²) >= 11 is 5.92. The van der Waals surface area contributed by atoms with Gasteiger partial charge >= 0.3 is 0 Å². The number of aryl methyl sites for hydroxylation is 1.